The van der Waals surface area contributed by atoms with Crippen molar-refractivity contribution >= 4 is 28.8 Å². The molecule has 2 heterocycles. The molecular weight excluding hydrogens is 394 g/mol. The number of carbonyl (C=O) groups excluding carboxylic acids is 1. The Balaban J connectivity index is 2.41. The molecule has 3 rings (SSSR count). The topological polar surface area (TPSA) is 75.8 Å². The molecule has 0 amide bonds. The molecule has 0 saturated carbocycles. The highest BCUT2D eigenvalue weighted by atomic mass is 32.1. The first kappa shape index (κ1) is 21.4. The number of nitrogens with zero attached hydrogens (tertiary/aromatic N) is 3. The van der Waals surface area contributed by atoms with Crippen molar-refractivity contribution in [1.82, 2.24) is 9.55 Å². The molecule has 0 radical (unpaired) electrons. The number of hydrogen-bond donors (Lipinski definition) is 0. The lowest BCUT2D eigenvalue weighted by atomic mass is 9.87. The van der Waals surface area contributed by atoms with Crippen LogP contribution in [0.2, 0.25) is 0 Å². The molecule has 1 aromatic carbocycles. The van der Waals surface area contributed by atoms with Crippen molar-refractivity contribution in [2.24, 2.45) is 5.41 Å². The van der Waals surface area contributed by atoms with Crippen LogP contribution >= 0.6 is 11.3 Å². The quantitative estimate of drug-likeness (QED) is 0.654. The van der Waals surface area contributed by atoms with Crippen LogP contribution in [0.25, 0.3) is 17.3 Å². The van der Waals surface area contributed by atoms with Crippen LogP contribution < -0.4 is 14.8 Å². The molecule has 0 unspecified atom stereocenters. The summed E-state index contributed by atoms with van der Waals surface area (Å²) >= 11 is 1.16. The first-order valence-corrected chi connectivity index (χ1v) is 10.5. The number of aromatic nitrogens is 2. The maximum atomic E-state index is 13.3. The van der Waals surface area contributed by atoms with Gasteiger partial charge < -0.3 is 0 Å². The van der Waals surface area contributed by atoms with Crippen LogP contribution in [-0.4, -0.2) is 15.3 Å². The summed E-state index contributed by atoms with van der Waals surface area (Å²) in [6.45, 7) is 7.36. The molecule has 3 aromatic rings. The van der Waals surface area contributed by atoms with E-state index in [1.54, 1.807) is 51.4 Å². The van der Waals surface area contributed by atoms with Gasteiger partial charge in [-0.3, -0.25) is 19.1 Å². The van der Waals surface area contributed by atoms with Crippen LogP contribution in [0, 0.1) is 16.7 Å². The second kappa shape index (κ2) is 8.60. The number of hydrogen-bond acceptors (Lipinski definition) is 5. The largest absolute Gasteiger partial charge is 0.293 e. The predicted molar refractivity (Wildman–Crippen MR) is 120 cm³/mol. The lowest BCUT2D eigenvalue weighted by Gasteiger charge is -2.15. The average molecular weight is 418 g/mol. The molecule has 0 saturated heterocycles. The van der Waals surface area contributed by atoms with E-state index in [2.05, 4.69) is 18.0 Å². The molecule has 6 heteroatoms. The number of carbonyl (C=O) groups is 1. The van der Waals surface area contributed by atoms with Crippen molar-refractivity contribution in [3.8, 4) is 11.8 Å². The van der Waals surface area contributed by atoms with Gasteiger partial charge in [-0.1, -0.05) is 39.8 Å². The van der Waals surface area contributed by atoms with Gasteiger partial charge in [0.1, 0.15) is 16.3 Å². The highest BCUT2D eigenvalue weighted by Crippen LogP contribution is 2.20. The fourth-order valence-corrected chi connectivity index (χ4v) is 4.05. The number of ketones is 1. The molecule has 2 aromatic heterocycles. The van der Waals surface area contributed by atoms with E-state index in [1.165, 1.54) is 4.57 Å². The molecular formula is C24H23N3O2S. The number of rotatable bonds is 4. The average Bonchev–Trinajstić information content (AvgIpc) is 3.04. The number of aryl methyl sites for hydroxylation is 1. The highest BCUT2D eigenvalue weighted by molar-refractivity contribution is 7.07. The van der Waals surface area contributed by atoms with E-state index in [9.17, 15) is 14.9 Å². The minimum absolute atomic E-state index is 0.00135. The van der Waals surface area contributed by atoms with Crippen molar-refractivity contribution in [1.29, 1.82) is 5.26 Å². The lowest BCUT2D eigenvalue weighted by molar-refractivity contribution is -0.120. The van der Waals surface area contributed by atoms with Crippen LogP contribution in [0.4, 0.5) is 0 Å². The van der Waals surface area contributed by atoms with Gasteiger partial charge in [0, 0.05) is 17.8 Å². The van der Waals surface area contributed by atoms with Crippen LogP contribution in [0.1, 0.15) is 38.8 Å². The third-order valence-corrected chi connectivity index (χ3v) is 5.76. The normalized spacial score (nSPS) is 13.1. The Labute approximate surface area is 179 Å². The number of pyridine rings is 1. The summed E-state index contributed by atoms with van der Waals surface area (Å²) in [5, 5.41) is 9.82. The molecule has 0 aliphatic heterocycles. The third kappa shape index (κ3) is 4.32. The van der Waals surface area contributed by atoms with Crippen molar-refractivity contribution in [3.63, 3.8) is 0 Å². The van der Waals surface area contributed by atoms with E-state index in [0.717, 1.165) is 28.9 Å². The Morgan fingerprint density at radius 3 is 2.33 bits per heavy atom. The molecule has 5 nitrogen and oxygen atoms in total. The Morgan fingerprint density at radius 2 is 1.80 bits per heavy atom. The molecule has 0 fully saturated rings. The molecule has 0 aliphatic carbocycles. The Morgan fingerprint density at radius 1 is 1.17 bits per heavy atom. The van der Waals surface area contributed by atoms with Crippen LogP contribution in [0.15, 0.2) is 53.6 Å². The maximum Gasteiger partial charge on any atom is 0.273 e. The van der Waals surface area contributed by atoms with Gasteiger partial charge >= 0.3 is 0 Å². The van der Waals surface area contributed by atoms with Gasteiger partial charge in [-0.15, -0.1) is 11.3 Å². The van der Waals surface area contributed by atoms with Gasteiger partial charge in [0.2, 0.25) is 0 Å². The summed E-state index contributed by atoms with van der Waals surface area (Å²) in [4.78, 5) is 30.3. The zero-order chi connectivity index (χ0) is 21.9. The van der Waals surface area contributed by atoms with E-state index >= 15 is 0 Å². The second-order valence-corrected chi connectivity index (χ2v) is 8.95. The summed E-state index contributed by atoms with van der Waals surface area (Å²) in [5.41, 5.74) is 1.60. The minimum Gasteiger partial charge on any atom is -0.293 e. The fraction of sp³-hybridized carbons (Fsp3) is 0.250. The molecule has 30 heavy (non-hydrogen) atoms. The summed E-state index contributed by atoms with van der Waals surface area (Å²) in [7, 11) is 0. The zero-order valence-corrected chi connectivity index (χ0v) is 18.3. The first-order chi connectivity index (χ1) is 14.3. The summed E-state index contributed by atoms with van der Waals surface area (Å²) in [5.74, 6) is -0.291. The Bertz CT molecular complexity index is 1290. The molecule has 0 spiro atoms. The highest BCUT2D eigenvalue weighted by Gasteiger charge is 2.27. The monoisotopic (exact) mass is 417 g/mol. The van der Waals surface area contributed by atoms with Crippen LogP contribution in [0.5, 0.6) is 0 Å². The van der Waals surface area contributed by atoms with Crippen LogP contribution in [-0.2, 0) is 11.2 Å². The van der Waals surface area contributed by atoms with Crippen molar-refractivity contribution in [2.75, 3.05) is 0 Å². The van der Waals surface area contributed by atoms with Crippen molar-refractivity contribution in [3.05, 3.63) is 79.5 Å². The van der Waals surface area contributed by atoms with E-state index < -0.39 is 5.41 Å². The lowest BCUT2D eigenvalue weighted by Crippen LogP contribution is -2.33. The summed E-state index contributed by atoms with van der Waals surface area (Å²) in [6, 6.07) is 13.3. The SMILES string of the molecule is CCc1ccc(-n2c(=O)/c(=C/c3ccncc3)s/c2=C(/C#N)C(=O)C(C)(C)C)cc1. The first-order valence-electron chi connectivity index (χ1n) is 9.68. The van der Waals surface area contributed by atoms with E-state index in [-0.39, 0.29) is 16.9 Å². The van der Waals surface area contributed by atoms with Gasteiger partial charge in [0.25, 0.3) is 5.56 Å². The number of Topliss-reactive ketones (excluding diaryl/α,β-unsaturated/α-hetero) is 1. The van der Waals surface area contributed by atoms with Gasteiger partial charge in [-0.25, -0.2) is 0 Å². The predicted octanol–water partition coefficient (Wildman–Crippen LogP) is 2.97. The van der Waals surface area contributed by atoms with Gasteiger partial charge in [0.05, 0.1) is 10.2 Å². The standard InChI is InChI=1S/C24H23N3O2S/c1-5-16-6-8-18(9-7-16)27-22(29)20(14-17-10-12-26-13-11-17)30-23(27)19(15-25)21(28)24(2,3)4/h6-14H,5H2,1-4H3/b20-14-,23-19-. The summed E-state index contributed by atoms with van der Waals surface area (Å²) < 4.78 is 2.27. The number of thiazole rings is 1. The Kier molecular flexibility index (Phi) is 6.14. The number of benzene rings is 1. The summed E-state index contributed by atoms with van der Waals surface area (Å²) in [6.07, 6.45) is 5.94. The van der Waals surface area contributed by atoms with Gasteiger partial charge in [-0.2, -0.15) is 5.26 Å². The maximum absolute atomic E-state index is 13.3. The number of nitriles is 1. The van der Waals surface area contributed by atoms with Crippen molar-refractivity contribution < 1.29 is 4.79 Å². The van der Waals surface area contributed by atoms with E-state index in [1.807, 2.05) is 24.3 Å². The zero-order valence-electron chi connectivity index (χ0n) is 17.5. The van der Waals surface area contributed by atoms with Crippen molar-refractivity contribution in [2.45, 2.75) is 34.1 Å². The fourth-order valence-electron chi connectivity index (χ4n) is 2.95. The van der Waals surface area contributed by atoms with Gasteiger partial charge in [-0.05, 0) is 47.9 Å². The third-order valence-electron chi connectivity index (χ3n) is 4.66. The van der Waals surface area contributed by atoms with E-state index in [0.29, 0.717) is 14.9 Å². The minimum atomic E-state index is -0.739. The van der Waals surface area contributed by atoms with E-state index in [4.69, 9.17) is 0 Å². The second-order valence-electron chi connectivity index (χ2n) is 7.92. The molecule has 0 N–H and O–H groups in total. The van der Waals surface area contributed by atoms with Crippen LogP contribution in [0.3, 0.4) is 0 Å². The molecule has 0 aliphatic rings. The smallest absolute Gasteiger partial charge is 0.273 e. The molecule has 152 valence electrons. The molecule has 0 bridgehead atoms. The molecule has 0 atom stereocenters. The Hall–Kier alpha value is -3.30. The van der Waals surface area contributed by atoms with Gasteiger partial charge in [0.15, 0.2) is 5.78 Å².